The molecule has 0 heterocycles. The minimum atomic E-state index is -3.78. The lowest BCUT2D eigenvalue weighted by atomic mass is 10.1. The van der Waals surface area contributed by atoms with Crippen molar-refractivity contribution in [3.8, 4) is 0 Å². The van der Waals surface area contributed by atoms with Crippen LogP contribution in [0.4, 0.5) is 10.1 Å². The van der Waals surface area contributed by atoms with E-state index < -0.39 is 34.3 Å². The second-order valence-corrected chi connectivity index (χ2v) is 9.69. The van der Waals surface area contributed by atoms with E-state index >= 15 is 0 Å². The molecule has 0 aliphatic carbocycles. The predicted molar refractivity (Wildman–Crippen MR) is 123 cm³/mol. The van der Waals surface area contributed by atoms with Crippen LogP contribution in [-0.2, 0) is 26.2 Å². The van der Waals surface area contributed by atoms with Crippen LogP contribution in [0.2, 0.25) is 0 Å². The van der Waals surface area contributed by atoms with Crippen molar-refractivity contribution < 1.29 is 22.4 Å². The van der Waals surface area contributed by atoms with Crippen molar-refractivity contribution in [1.82, 2.24) is 10.2 Å². The van der Waals surface area contributed by atoms with Gasteiger partial charge in [0.2, 0.25) is 21.8 Å². The lowest BCUT2D eigenvalue weighted by Crippen LogP contribution is -2.51. The molecule has 0 saturated carbocycles. The lowest BCUT2D eigenvalue weighted by molar-refractivity contribution is -0.139. The van der Waals surface area contributed by atoms with Gasteiger partial charge in [-0.15, -0.1) is 0 Å². The molecule has 0 unspecified atom stereocenters. The van der Waals surface area contributed by atoms with Gasteiger partial charge in [0.05, 0.1) is 11.9 Å². The van der Waals surface area contributed by atoms with E-state index in [4.69, 9.17) is 0 Å². The molecule has 2 rings (SSSR count). The fourth-order valence-electron chi connectivity index (χ4n) is 3.37. The number of halogens is 1. The largest absolute Gasteiger partial charge is 0.355 e. The van der Waals surface area contributed by atoms with E-state index in [2.05, 4.69) is 5.32 Å². The molecular weight excluding hydrogens is 433 g/mol. The summed E-state index contributed by atoms with van der Waals surface area (Å²) in [6, 6.07) is 10.0. The van der Waals surface area contributed by atoms with Gasteiger partial charge in [0, 0.05) is 13.1 Å². The van der Waals surface area contributed by atoms with E-state index in [9.17, 15) is 22.4 Å². The quantitative estimate of drug-likeness (QED) is 0.620. The molecule has 0 saturated heterocycles. The van der Waals surface area contributed by atoms with E-state index in [0.717, 1.165) is 16.1 Å². The van der Waals surface area contributed by atoms with Crippen LogP contribution < -0.4 is 9.62 Å². The third kappa shape index (κ3) is 6.53. The zero-order valence-electron chi connectivity index (χ0n) is 19.1. The van der Waals surface area contributed by atoms with Gasteiger partial charge in [-0.3, -0.25) is 13.9 Å². The summed E-state index contributed by atoms with van der Waals surface area (Å²) in [5.74, 6) is -1.32. The summed E-state index contributed by atoms with van der Waals surface area (Å²) in [6.07, 6.45) is 1.04. The molecule has 1 N–H and O–H groups in total. The molecule has 0 aromatic heterocycles. The van der Waals surface area contributed by atoms with Crippen LogP contribution >= 0.6 is 0 Å². The van der Waals surface area contributed by atoms with Crippen LogP contribution in [0, 0.1) is 19.7 Å². The van der Waals surface area contributed by atoms with E-state index in [-0.39, 0.29) is 12.5 Å². The summed E-state index contributed by atoms with van der Waals surface area (Å²) in [5.41, 5.74) is 2.70. The highest BCUT2D eigenvalue weighted by Crippen LogP contribution is 2.24. The van der Waals surface area contributed by atoms with E-state index in [0.29, 0.717) is 23.4 Å². The average Bonchev–Trinajstić information content (AvgIpc) is 2.71. The molecule has 0 fully saturated rings. The van der Waals surface area contributed by atoms with Gasteiger partial charge < -0.3 is 10.2 Å². The molecule has 1 atom stereocenters. The fourth-order valence-corrected chi connectivity index (χ4v) is 4.28. The SMILES string of the molecule is CCNC(=O)[C@@H](C)N(Cc1ccc(F)cc1)C(=O)CN(c1ccc(C)cc1C)S(C)(=O)=O. The van der Waals surface area contributed by atoms with Crippen LogP contribution in [-0.4, -0.2) is 50.5 Å². The highest BCUT2D eigenvalue weighted by molar-refractivity contribution is 7.92. The second-order valence-electron chi connectivity index (χ2n) is 7.78. The highest BCUT2D eigenvalue weighted by atomic mass is 32.2. The normalized spacial score (nSPS) is 12.2. The van der Waals surface area contributed by atoms with Gasteiger partial charge in [0.25, 0.3) is 0 Å². The third-order valence-electron chi connectivity index (χ3n) is 5.08. The van der Waals surface area contributed by atoms with Crippen molar-refractivity contribution in [3.63, 3.8) is 0 Å². The van der Waals surface area contributed by atoms with Gasteiger partial charge in [-0.25, -0.2) is 12.8 Å². The summed E-state index contributed by atoms with van der Waals surface area (Å²) in [6.45, 7) is 6.97. The summed E-state index contributed by atoms with van der Waals surface area (Å²) >= 11 is 0. The van der Waals surface area contributed by atoms with E-state index in [1.54, 1.807) is 32.9 Å². The number of nitrogens with zero attached hydrogens (tertiary/aromatic N) is 2. The number of amides is 2. The molecular formula is C23H30FN3O4S. The number of likely N-dealkylation sites (N-methyl/N-ethyl adjacent to an activating group) is 1. The molecule has 0 radical (unpaired) electrons. The number of nitrogens with one attached hydrogen (secondary N) is 1. The van der Waals surface area contributed by atoms with Gasteiger partial charge in [0.1, 0.15) is 18.4 Å². The van der Waals surface area contributed by atoms with Crippen LogP contribution in [0.1, 0.15) is 30.5 Å². The summed E-state index contributed by atoms with van der Waals surface area (Å²) in [5, 5.41) is 2.68. The number of hydrogen-bond acceptors (Lipinski definition) is 4. The molecule has 7 nitrogen and oxygen atoms in total. The van der Waals surface area contributed by atoms with Gasteiger partial charge in [-0.2, -0.15) is 0 Å². The van der Waals surface area contributed by atoms with Crippen molar-refractivity contribution >= 4 is 27.5 Å². The maximum absolute atomic E-state index is 13.3. The van der Waals surface area contributed by atoms with Gasteiger partial charge in [-0.1, -0.05) is 29.8 Å². The van der Waals surface area contributed by atoms with Crippen LogP contribution in [0.15, 0.2) is 42.5 Å². The molecule has 2 aromatic carbocycles. The molecule has 2 aromatic rings. The second kappa shape index (κ2) is 10.6. The number of anilines is 1. The molecule has 0 spiro atoms. The summed E-state index contributed by atoms with van der Waals surface area (Å²) in [4.78, 5) is 27.1. The Morgan fingerprint density at radius 1 is 1.09 bits per heavy atom. The van der Waals surface area contributed by atoms with Crippen molar-refractivity contribution in [2.24, 2.45) is 0 Å². The standard InChI is InChI=1S/C23H30FN3O4S/c1-6-25-23(29)18(4)26(14-19-8-10-20(24)11-9-19)22(28)15-27(32(5,30)31)21-12-7-16(2)13-17(21)3/h7-13,18H,6,14-15H2,1-5H3,(H,25,29)/t18-/m1/s1. The summed E-state index contributed by atoms with van der Waals surface area (Å²) in [7, 11) is -3.78. The Morgan fingerprint density at radius 2 is 1.72 bits per heavy atom. The Kier molecular flexibility index (Phi) is 8.38. The lowest BCUT2D eigenvalue weighted by Gasteiger charge is -2.32. The molecule has 0 bridgehead atoms. The average molecular weight is 464 g/mol. The van der Waals surface area contributed by atoms with Gasteiger partial charge in [-0.05, 0) is 57.0 Å². The Morgan fingerprint density at radius 3 is 2.25 bits per heavy atom. The van der Waals surface area contributed by atoms with Gasteiger partial charge >= 0.3 is 0 Å². The number of aryl methyl sites for hydroxylation is 2. The maximum Gasteiger partial charge on any atom is 0.244 e. The van der Waals surface area contributed by atoms with Crippen LogP contribution in [0.3, 0.4) is 0 Å². The first-order valence-corrected chi connectivity index (χ1v) is 12.2. The molecule has 32 heavy (non-hydrogen) atoms. The number of benzene rings is 2. The Hall–Kier alpha value is -2.94. The van der Waals surface area contributed by atoms with Crippen molar-refractivity contribution in [1.29, 1.82) is 0 Å². The third-order valence-corrected chi connectivity index (χ3v) is 6.21. The Balaban J connectivity index is 2.40. The Bertz CT molecular complexity index is 1070. The maximum atomic E-state index is 13.3. The van der Waals surface area contributed by atoms with Gasteiger partial charge in [0.15, 0.2) is 0 Å². The molecule has 0 aliphatic rings. The van der Waals surface area contributed by atoms with Crippen molar-refractivity contribution in [2.45, 2.75) is 40.3 Å². The number of hydrogen-bond donors (Lipinski definition) is 1. The molecule has 9 heteroatoms. The first-order chi connectivity index (χ1) is 14.9. The number of sulfonamides is 1. The predicted octanol–water partition coefficient (Wildman–Crippen LogP) is 2.76. The molecule has 174 valence electrons. The minimum absolute atomic E-state index is 0.0297. The number of carbonyl (C=O) groups is 2. The zero-order chi connectivity index (χ0) is 24.1. The first kappa shape index (κ1) is 25.3. The van der Waals surface area contributed by atoms with E-state index in [1.165, 1.54) is 29.2 Å². The smallest absolute Gasteiger partial charge is 0.244 e. The zero-order valence-corrected chi connectivity index (χ0v) is 19.9. The fraction of sp³-hybridized carbons (Fsp3) is 0.391. The number of rotatable bonds is 9. The first-order valence-electron chi connectivity index (χ1n) is 10.3. The topological polar surface area (TPSA) is 86.8 Å². The summed E-state index contributed by atoms with van der Waals surface area (Å²) < 4.78 is 39.5. The number of carbonyl (C=O) groups excluding carboxylic acids is 2. The van der Waals surface area contributed by atoms with Crippen LogP contribution in [0.5, 0.6) is 0 Å². The van der Waals surface area contributed by atoms with Crippen LogP contribution in [0.25, 0.3) is 0 Å². The van der Waals surface area contributed by atoms with Crippen molar-refractivity contribution in [3.05, 3.63) is 65.0 Å². The Labute approximate surface area is 189 Å². The minimum Gasteiger partial charge on any atom is -0.355 e. The van der Waals surface area contributed by atoms with Crippen molar-refractivity contribution in [2.75, 3.05) is 23.7 Å². The highest BCUT2D eigenvalue weighted by Gasteiger charge is 2.30. The molecule has 2 amide bonds. The molecule has 0 aliphatic heterocycles. The monoisotopic (exact) mass is 463 g/mol. The van der Waals surface area contributed by atoms with E-state index in [1.807, 2.05) is 13.0 Å².